The predicted octanol–water partition coefficient (Wildman–Crippen LogP) is 2.40. The van der Waals surface area contributed by atoms with E-state index in [1.165, 1.54) is 13.2 Å². The Morgan fingerprint density at radius 1 is 1.53 bits per heavy atom. The lowest BCUT2D eigenvalue weighted by Gasteiger charge is -2.06. The second-order valence-electron chi connectivity index (χ2n) is 3.29. The molecule has 2 rings (SSSR count). The van der Waals surface area contributed by atoms with Crippen molar-refractivity contribution in [3.63, 3.8) is 0 Å². The maximum atomic E-state index is 13.6. The molecule has 0 aliphatic carbocycles. The van der Waals surface area contributed by atoms with E-state index in [1.807, 2.05) is 0 Å². The first-order valence-corrected chi connectivity index (χ1v) is 4.49. The van der Waals surface area contributed by atoms with Crippen molar-refractivity contribution >= 4 is 16.9 Å². The minimum absolute atomic E-state index is 0.00699. The molecule has 1 aromatic heterocycles. The fraction of sp³-hybridized carbons (Fsp3) is 0.182. The summed E-state index contributed by atoms with van der Waals surface area (Å²) in [5.74, 6) is -1.20. The summed E-state index contributed by atoms with van der Waals surface area (Å²) in [4.78, 5) is 14.3. The molecule has 0 bridgehead atoms. The Hall–Kier alpha value is -1.84. The van der Waals surface area contributed by atoms with Gasteiger partial charge in [0.25, 0.3) is 0 Å². The molecular weight excluding hydrogens is 197 g/mol. The quantitative estimate of drug-likeness (QED) is 0.729. The number of hydrogen-bond acceptors (Lipinski definition) is 2. The van der Waals surface area contributed by atoms with Gasteiger partial charge in [-0.15, -0.1) is 0 Å². The van der Waals surface area contributed by atoms with E-state index in [2.05, 4.69) is 9.72 Å². The van der Waals surface area contributed by atoms with Gasteiger partial charge in [-0.25, -0.2) is 9.18 Å². The Morgan fingerprint density at radius 2 is 2.27 bits per heavy atom. The number of hydrogen-bond donors (Lipinski definition) is 1. The normalized spacial score (nSPS) is 10.6. The van der Waals surface area contributed by atoms with Crippen LogP contribution in [0.5, 0.6) is 0 Å². The smallest absolute Gasteiger partial charge is 0.341 e. The maximum Gasteiger partial charge on any atom is 0.341 e. The molecule has 0 atom stereocenters. The van der Waals surface area contributed by atoms with E-state index < -0.39 is 11.8 Å². The van der Waals surface area contributed by atoms with E-state index >= 15 is 0 Å². The van der Waals surface area contributed by atoms with Crippen molar-refractivity contribution in [2.24, 2.45) is 0 Å². The number of carbonyl (C=O) groups is 1. The third-order valence-electron chi connectivity index (χ3n) is 2.44. The minimum Gasteiger partial charge on any atom is -0.465 e. The molecule has 0 saturated heterocycles. The molecule has 1 heterocycles. The van der Waals surface area contributed by atoms with Crippen LogP contribution in [0, 0.1) is 12.7 Å². The van der Waals surface area contributed by atoms with Crippen molar-refractivity contribution < 1.29 is 13.9 Å². The van der Waals surface area contributed by atoms with Crippen LogP contribution >= 0.6 is 0 Å². The second-order valence-corrected chi connectivity index (χ2v) is 3.29. The highest BCUT2D eigenvalue weighted by Gasteiger charge is 2.18. The Kier molecular flexibility index (Phi) is 2.19. The molecule has 0 amide bonds. The number of aromatic amines is 1. The Labute approximate surface area is 85.9 Å². The number of aromatic nitrogens is 1. The summed E-state index contributed by atoms with van der Waals surface area (Å²) in [6.07, 6.45) is 1.71. The molecule has 1 aromatic carbocycles. The molecule has 0 unspecified atom stereocenters. The van der Waals surface area contributed by atoms with Crippen LogP contribution in [-0.2, 0) is 4.74 Å². The summed E-state index contributed by atoms with van der Waals surface area (Å²) in [7, 11) is 1.24. The minimum atomic E-state index is -0.651. The van der Waals surface area contributed by atoms with Gasteiger partial charge in [-0.2, -0.15) is 0 Å². The van der Waals surface area contributed by atoms with Crippen molar-refractivity contribution in [2.75, 3.05) is 7.11 Å². The molecule has 0 aliphatic heterocycles. The first kappa shape index (κ1) is 9.71. The largest absolute Gasteiger partial charge is 0.465 e. The number of halogens is 1. The van der Waals surface area contributed by atoms with Crippen molar-refractivity contribution in [3.05, 3.63) is 35.3 Å². The fourth-order valence-corrected chi connectivity index (χ4v) is 1.69. The molecule has 4 heteroatoms. The van der Waals surface area contributed by atoms with Crippen LogP contribution in [0.3, 0.4) is 0 Å². The summed E-state index contributed by atoms with van der Waals surface area (Å²) in [6, 6.07) is 3.08. The number of H-pyrrole nitrogens is 1. The molecule has 2 aromatic rings. The molecule has 0 fully saturated rings. The zero-order valence-corrected chi connectivity index (χ0v) is 8.43. The summed E-state index contributed by atoms with van der Waals surface area (Å²) in [6.45, 7) is 1.69. The number of aryl methyl sites for hydroxylation is 1. The van der Waals surface area contributed by atoms with Crippen molar-refractivity contribution in [1.82, 2.24) is 4.98 Å². The summed E-state index contributed by atoms with van der Waals surface area (Å²) < 4.78 is 18.1. The molecule has 0 spiro atoms. The van der Waals surface area contributed by atoms with E-state index in [0.717, 1.165) is 10.9 Å². The average molecular weight is 207 g/mol. The van der Waals surface area contributed by atoms with Gasteiger partial charge in [0.2, 0.25) is 0 Å². The Balaban J connectivity index is 2.78. The molecule has 0 saturated carbocycles. The van der Waals surface area contributed by atoms with Gasteiger partial charge < -0.3 is 9.72 Å². The van der Waals surface area contributed by atoms with Crippen LogP contribution in [0.15, 0.2) is 18.3 Å². The first-order chi connectivity index (χ1) is 7.15. The van der Waals surface area contributed by atoms with E-state index in [0.29, 0.717) is 5.56 Å². The predicted molar refractivity (Wildman–Crippen MR) is 54.3 cm³/mol. The first-order valence-electron chi connectivity index (χ1n) is 4.49. The molecule has 15 heavy (non-hydrogen) atoms. The highest BCUT2D eigenvalue weighted by molar-refractivity contribution is 5.97. The average Bonchev–Trinajstić information content (AvgIpc) is 2.65. The van der Waals surface area contributed by atoms with Gasteiger partial charge in [-0.05, 0) is 24.6 Å². The zero-order valence-electron chi connectivity index (χ0n) is 8.43. The lowest BCUT2D eigenvalue weighted by Crippen LogP contribution is -2.07. The number of fused-ring (bicyclic) bond motifs is 1. The van der Waals surface area contributed by atoms with E-state index in [9.17, 15) is 9.18 Å². The number of nitrogens with one attached hydrogen (secondary N) is 1. The van der Waals surface area contributed by atoms with Crippen LogP contribution in [0.2, 0.25) is 0 Å². The highest BCUT2D eigenvalue weighted by Crippen LogP contribution is 2.24. The van der Waals surface area contributed by atoms with Gasteiger partial charge in [0.15, 0.2) is 0 Å². The monoisotopic (exact) mass is 207 g/mol. The van der Waals surface area contributed by atoms with Crippen LogP contribution < -0.4 is 0 Å². The van der Waals surface area contributed by atoms with Crippen LogP contribution in [0.25, 0.3) is 10.9 Å². The molecule has 0 aliphatic rings. The lowest BCUT2D eigenvalue weighted by molar-refractivity contribution is 0.0595. The van der Waals surface area contributed by atoms with E-state index in [1.54, 1.807) is 19.2 Å². The second kappa shape index (κ2) is 3.38. The van der Waals surface area contributed by atoms with E-state index in [4.69, 9.17) is 0 Å². The molecule has 0 radical (unpaired) electrons. The van der Waals surface area contributed by atoms with Gasteiger partial charge in [0.1, 0.15) is 11.4 Å². The maximum absolute atomic E-state index is 13.6. The Morgan fingerprint density at radius 3 is 2.93 bits per heavy atom. The van der Waals surface area contributed by atoms with Gasteiger partial charge in [0.05, 0.1) is 7.11 Å². The van der Waals surface area contributed by atoms with Crippen molar-refractivity contribution in [1.29, 1.82) is 0 Å². The van der Waals surface area contributed by atoms with Crippen molar-refractivity contribution in [2.45, 2.75) is 6.92 Å². The molecule has 78 valence electrons. The molecule has 1 N–H and O–H groups in total. The third-order valence-corrected chi connectivity index (χ3v) is 2.44. The van der Waals surface area contributed by atoms with Gasteiger partial charge >= 0.3 is 5.97 Å². The highest BCUT2D eigenvalue weighted by atomic mass is 19.1. The topological polar surface area (TPSA) is 42.1 Å². The van der Waals surface area contributed by atoms with E-state index in [-0.39, 0.29) is 5.56 Å². The number of carbonyl (C=O) groups excluding carboxylic acids is 1. The fourth-order valence-electron chi connectivity index (χ4n) is 1.69. The summed E-state index contributed by atoms with van der Waals surface area (Å²) in [5, 5.41) is 0.748. The number of esters is 1. The van der Waals surface area contributed by atoms with Gasteiger partial charge in [-0.1, -0.05) is 0 Å². The Bertz CT molecular complexity index is 531. The van der Waals surface area contributed by atoms with Crippen LogP contribution in [0.4, 0.5) is 4.39 Å². The number of ether oxygens (including phenoxy) is 1. The SMILES string of the molecule is COC(=O)c1c(F)cc2cc[nH]c2c1C. The number of methoxy groups -OCH3 is 1. The van der Waals surface area contributed by atoms with Crippen LogP contribution in [0.1, 0.15) is 15.9 Å². The van der Waals surface area contributed by atoms with Crippen molar-refractivity contribution in [3.8, 4) is 0 Å². The zero-order chi connectivity index (χ0) is 11.0. The van der Waals surface area contributed by atoms with Crippen LogP contribution in [-0.4, -0.2) is 18.1 Å². The number of benzene rings is 1. The van der Waals surface area contributed by atoms with Gasteiger partial charge in [-0.3, -0.25) is 0 Å². The third kappa shape index (κ3) is 1.38. The molecular formula is C11H10FNO2. The van der Waals surface area contributed by atoms with Gasteiger partial charge in [0, 0.05) is 17.1 Å². The summed E-state index contributed by atoms with van der Waals surface area (Å²) in [5.41, 5.74) is 1.33. The standard InChI is InChI=1S/C11H10FNO2/c1-6-9(11(14)15-2)8(12)5-7-3-4-13-10(6)7/h3-5,13H,1-2H3. The number of rotatable bonds is 1. The summed E-state index contributed by atoms with van der Waals surface area (Å²) >= 11 is 0. The lowest BCUT2D eigenvalue weighted by atomic mass is 10.1. The molecule has 3 nitrogen and oxygen atoms in total.